The Kier molecular flexibility index (Phi) is 4.74. The molecular weight excluding hydrogens is 234 g/mol. The molecule has 1 atom stereocenters. The number of rotatable bonds is 6. The molecule has 0 saturated carbocycles. The molecule has 0 radical (unpaired) electrons. The molecule has 3 heteroatoms. The van der Waals surface area contributed by atoms with Crippen LogP contribution in [0.5, 0.6) is 0 Å². The molecule has 0 amide bonds. The van der Waals surface area contributed by atoms with E-state index in [0.717, 1.165) is 19.3 Å². The maximum absolute atomic E-state index is 4.21. The molecule has 19 heavy (non-hydrogen) atoms. The van der Waals surface area contributed by atoms with E-state index in [1.807, 2.05) is 25.0 Å². The zero-order chi connectivity index (χ0) is 13.7. The van der Waals surface area contributed by atoms with Gasteiger partial charge in [-0.3, -0.25) is 4.68 Å². The van der Waals surface area contributed by atoms with Gasteiger partial charge in [0.2, 0.25) is 0 Å². The molecule has 2 aromatic rings. The van der Waals surface area contributed by atoms with Crippen LogP contribution in [0.3, 0.4) is 0 Å². The third-order valence-corrected chi connectivity index (χ3v) is 3.51. The van der Waals surface area contributed by atoms with Crippen molar-refractivity contribution < 1.29 is 0 Å². The minimum Gasteiger partial charge on any atom is -0.317 e. The van der Waals surface area contributed by atoms with Crippen LogP contribution in [0.15, 0.2) is 36.7 Å². The molecule has 0 aliphatic carbocycles. The minimum atomic E-state index is 0.516. The van der Waals surface area contributed by atoms with E-state index in [0.29, 0.717) is 6.04 Å². The van der Waals surface area contributed by atoms with Gasteiger partial charge in [0.1, 0.15) is 0 Å². The molecule has 0 aliphatic heterocycles. The van der Waals surface area contributed by atoms with Crippen molar-refractivity contribution >= 4 is 0 Å². The van der Waals surface area contributed by atoms with Gasteiger partial charge in [-0.05, 0) is 44.4 Å². The number of benzene rings is 1. The minimum absolute atomic E-state index is 0.516. The average molecular weight is 257 g/mol. The highest BCUT2D eigenvalue weighted by atomic mass is 15.2. The number of hydrogen-bond acceptors (Lipinski definition) is 2. The monoisotopic (exact) mass is 257 g/mol. The van der Waals surface area contributed by atoms with Crippen LogP contribution in [-0.2, 0) is 19.9 Å². The molecule has 102 valence electrons. The SMILES string of the molecule is CNC(CCc1cnn(C)c1)Cc1cccc(C)c1. The predicted octanol–water partition coefficient (Wildman–Crippen LogP) is 2.49. The summed E-state index contributed by atoms with van der Waals surface area (Å²) in [5, 5.41) is 7.63. The summed E-state index contributed by atoms with van der Waals surface area (Å²) in [6.07, 6.45) is 7.35. The number of nitrogens with one attached hydrogen (secondary N) is 1. The van der Waals surface area contributed by atoms with Crippen molar-refractivity contribution in [3.8, 4) is 0 Å². The molecule has 0 saturated heterocycles. The van der Waals surface area contributed by atoms with Crippen molar-refractivity contribution in [1.29, 1.82) is 0 Å². The average Bonchev–Trinajstić information content (AvgIpc) is 2.80. The molecule has 0 spiro atoms. The summed E-state index contributed by atoms with van der Waals surface area (Å²) < 4.78 is 1.87. The molecule has 2 rings (SSSR count). The summed E-state index contributed by atoms with van der Waals surface area (Å²) in [7, 11) is 4.01. The largest absolute Gasteiger partial charge is 0.317 e. The van der Waals surface area contributed by atoms with Crippen LogP contribution in [0.1, 0.15) is 23.1 Å². The molecule has 1 unspecified atom stereocenters. The number of aryl methyl sites for hydroxylation is 3. The van der Waals surface area contributed by atoms with E-state index >= 15 is 0 Å². The second-order valence-corrected chi connectivity index (χ2v) is 5.24. The topological polar surface area (TPSA) is 29.9 Å². The quantitative estimate of drug-likeness (QED) is 0.861. The lowest BCUT2D eigenvalue weighted by Gasteiger charge is -2.16. The lowest BCUT2D eigenvalue weighted by atomic mass is 9.99. The third-order valence-electron chi connectivity index (χ3n) is 3.51. The van der Waals surface area contributed by atoms with Crippen molar-refractivity contribution in [2.45, 2.75) is 32.2 Å². The molecule has 0 fully saturated rings. The van der Waals surface area contributed by atoms with Crippen molar-refractivity contribution in [3.63, 3.8) is 0 Å². The Balaban J connectivity index is 1.89. The van der Waals surface area contributed by atoms with Gasteiger partial charge in [0.15, 0.2) is 0 Å². The molecule has 3 nitrogen and oxygen atoms in total. The van der Waals surface area contributed by atoms with Gasteiger partial charge in [0.25, 0.3) is 0 Å². The van der Waals surface area contributed by atoms with Gasteiger partial charge in [-0.15, -0.1) is 0 Å². The number of likely N-dealkylation sites (N-methyl/N-ethyl adjacent to an activating group) is 1. The highest BCUT2D eigenvalue weighted by molar-refractivity contribution is 5.23. The standard InChI is InChI=1S/C16H23N3/c1-13-5-4-6-14(9-13)10-16(17-2)8-7-15-11-18-19(3)12-15/h4-6,9,11-12,16-17H,7-8,10H2,1-3H3. The first-order valence-electron chi connectivity index (χ1n) is 6.87. The summed E-state index contributed by atoms with van der Waals surface area (Å²) in [4.78, 5) is 0. The lowest BCUT2D eigenvalue weighted by Crippen LogP contribution is -2.28. The summed E-state index contributed by atoms with van der Waals surface area (Å²) >= 11 is 0. The number of nitrogens with zero attached hydrogens (tertiary/aromatic N) is 2. The first-order chi connectivity index (χ1) is 9.17. The Hall–Kier alpha value is -1.61. The van der Waals surface area contributed by atoms with Gasteiger partial charge in [-0.2, -0.15) is 5.10 Å². The Bertz CT molecular complexity index is 516. The van der Waals surface area contributed by atoms with Gasteiger partial charge in [-0.25, -0.2) is 0 Å². The van der Waals surface area contributed by atoms with Crippen LogP contribution in [-0.4, -0.2) is 22.9 Å². The van der Waals surface area contributed by atoms with Crippen LogP contribution in [0, 0.1) is 6.92 Å². The second-order valence-electron chi connectivity index (χ2n) is 5.24. The predicted molar refractivity (Wildman–Crippen MR) is 79.3 cm³/mol. The molecule has 0 aliphatic rings. The maximum Gasteiger partial charge on any atom is 0.0521 e. The van der Waals surface area contributed by atoms with E-state index in [1.165, 1.54) is 16.7 Å². The fourth-order valence-electron chi connectivity index (χ4n) is 2.41. The van der Waals surface area contributed by atoms with Crippen LogP contribution < -0.4 is 5.32 Å². The molecule has 1 heterocycles. The van der Waals surface area contributed by atoms with Crippen LogP contribution >= 0.6 is 0 Å². The summed E-state index contributed by atoms with van der Waals surface area (Å²) in [5.41, 5.74) is 4.05. The molecule has 1 N–H and O–H groups in total. The number of hydrogen-bond donors (Lipinski definition) is 1. The molecule has 1 aromatic heterocycles. The van der Waals surface area contributed by atoms with Gasteiger partial charge in [0.05, 0.1) is 6.20 Å². The van der Waals surface area contributed by atoms with Crippen molar-refractivity contribution in [1.82, 2.24) is 15.1 Å². The molecule has 1 aromatic carbocycles. The number of aromatic nitrogens is 2. The van der Waals surface area contributed by atoms with Crippen molar-refractivity contribution in [2.75, 3.05) is 7.05 Å². The van der Waals surface area contributed by atoms with Gasteiger partial charge < -0.3 is 5.32 Å². The van der Waals surface area contributed by atoms with Gasteiger partial charge in [-0.1, -0.05) is 29.8 Å². The van der Waals surface area contributed by atoms with Crippen molar-refractivity contribution in [2.24, 2.45) is 7.05 Å². The van der Waals surface area contributed by atoms with Crippen molar-refractivity contribution in [3.05, 3.63) is 53.3 Å². The van der Waals surface area contributed by atoms with Crippen LogP contribution in [0.2, 0.25) is 0 Å². The Morgan fingerprint density at radius 3 is 2.79 bits per heavy atom. The molecular formula is C16H23N3. The summed E-state index contributed by atoms with van der Waals surface area (Å²) in [6.45, 7) is 2.15. The summed E-state index contributed by atoms with van der Waals surface area (Å²) in [5.74, 6) is 0. The zero-order valence-corrected chi connectivity index (χ0v) is 12.1. The van der Waals surface area contributed by atoms with Gasteiger partial charge >= 0.3 is 0 Å². The highest BCUT2D eigenvalue weighted by Gasteiger charge is 2.08. The van der Waals surface area contributed by atoms with Crippen LogP contribution in [0.4, 0.5) is 0 Å². The third kappa shape index (κ3) is 4.21. The van der Waals surface area contributed by atoms with Gasteiger partial charge in [0, 0.05) is 19.3 Å². The first-order valence-corrected chi connectivity index (χ1v) is 6.87. The normalized spacial score (nSPS) is 12.6. The van der Waals surface area contributed by atoms with E-state index in [4.69, 9.17) is 0 Å². The van der Waals surface area contributed by atoms with E-state index in [9.17, 15) is 0 Å². The fraction of sp³-hybridized carbons (Fsp3) is 0.438. The maximum atomic E-state index is 4.21. The van der Waals surface area contributed by atoms with E-state index in [1.54, 1.807) is 0 Å². The van der Waals surface area contributed by atoms with Crippen LogP contribution in [0.25, 0.3) is 0 Å². The zero-order valence-electron chi connectivity index (χ0n) is 12.1. The second kappa shape index (κ2) is 6.53. The fourth-order valence-corrected chi connectivity index (χ4v) is 2.41. The van der Waals surface area contributed by atoms with E-state index in [-0.39, 0.29) is 0 Å². The lowest BCUT2D eigenvalue weighted by molar-refractivity contribution is 0.520. The smallest absolute Gasteiger partial charge is 0.0521 e. The molecule has 0 bridgehead atoms. The summed E-state index contributed by atoms with van der Waals surface area (Å²) in [6, 6.07) is 9.28. The Morgan fingerprint density at radius 1 is 1.32 bits per heavy atom. The highest BCUT2D eigenvalue weighted by Crippen LogP contribution is 2.11. The van der Waals surface area contributed by atoms with E-state index < -0.39 is 0 Å². The Morgan fingerprint density at radius 2 is 2.16 bits per heavy atom. The van der Waals surface area contributed by atoms with E-state index in [2.05, 4.69) is 47.8 Å². The first kappa shape index (κ1) is 13.8. The Labute approximate surface area is 115 Å².